The van der Waals surface area contributed by atoms with Crippen molar-refractivity contribution in [1.82, 2.24) is 5.32 Å². The summed E-state index contributed by atoms with van der Waals surface area (Å²) in [6.07, 6.45) is 5.13. The van der Waals surface area contributed by atoms with Crippen LogP contribution < -0.4 is 5.32 Å². The lowest BCUT2D eigenvalue weighted by Gasteiger charge is -2.29. The van der Waals surface area contributed by atoms with Crippen LogP contribution in [-0.2, 0) is 4.74 Å². The molecule has 1 aliphatic rings. The lowest BCUT2D eigenvalue weighted by molar-refractivity contribution is 0.0307. The quantitative estimate of drug-likeness (QED) is 0.732. The fraction of sp³-hybridized carbons (Fsp3) is 1.00. The molecule has 0 aromatic heterocycles. The largest absolute Gasteiger partial charge is 0.381 e. The molecular weight excluding hydrogens is 186 g/mol. The second kappa shape index (κ2) is 7.24. The van der Waals surface area contributed by atoms with E-state index in [1.807, 2.05) is 0 Å². The maximum absolute atomic E-state index is 5.55. The maximum atomic E-state index is 5.55. The molecule has 1 heterocycles. The highest BCUT2D eigenvalue weighted by Crippen LogP contribution is 2.25. The Bertz CT molecular complexity index is 155. The van der Waals surface area contributed by atoms with Gasteiger partial charge in [-0.3, -0.25) is 0 Å². The lowest BCUT2D eigenvalue weighted by atomic mass is 9.85. The zero-order chi connectivity index (χ0) is 11.1. The van der Waals surface area contributed by atoms with Gasteiger partial charge in [0.05, 0.1) is 0 Å². The third-order valence-corrected chi connectivity index (χ3v) is 3.47. The summed E-state index contributed by atoms with van der Waals surface area (Å²) in [6.45, 7) is 10.0. The number of nitrogens with one attached hydrogen (secondary N) is 1. The van der Waals surface area contributed by atoms with Gasteiger partial charge in [-0.1, -0.05) is 13.8 Å². The number of hydrogen-bond acceptors (Lipinski definition) is 2. The van der Waals surface area contributed by atoms with Crippen LogP contribution in [0.15, 0.2) is 0 Å². The minimum Gasteiger partial charge on any atom is -0.381 e. The van der Waals surface area contributed by atoms with Gasteiger partial charge in [0.15, 0.2) is 0 Å². The zero-order valence-electron chi connectivity index (χ0n) is 10.6. The lowest BCUT2D eigenvalue weighted by Crippen LogP contribution is -2.32. The number of rotatable bonds is 6. The van der Waals surface area contributed by atoms with Gasteiger partial charge in [-0.15, -0.1) is 0 Å². The molecule has 0 aliphatic carbocycles. The monoisotopic (exact) mass is 213 g/mol. The molecular formula is C13H27NO. The molecule has 90 valence electrons. The van der Waals surface area contributed by atoms with Crippen molar-refractivity contribution in [2.75, 3.05) is 19.8 Å². The predicted octanol–water partition coefficient (Wildman–Crippen LogP) is 2.83. The molecule has 2 heteroatoms. The van der Waals surface area contributed by atoms with E-state index in [1.165, 1.54) is 25.7 Å². The molecule has 1 N–H and O–H groups in total. The zero-order valence-corrected chi connectivity index (χ0v) is 10.6. The Morgan fingerprint density at radius 2 is 2.20 bits per heavy atom. The normalized spacial score (nSPS) is 26.2. The fourth-order valence-corrected chi connectivity index (χ4v) is 2.44. The van der Waals surface area contributed by atoms with Crippen molar-refractivity contribution < 1.29 is 4.74 Å². The molecule has 0 spiro atoms. The standard InChI is InChI=1S/C13H27NO/c1-4-7-14-12(3)9-11(2)13-6-5-8-15-10-13/h11-14H,4-10H2,1-3H3. The summed E-state index contributed by atoms with van der Waals surface area (Å²) in [6, 6.07) is 0.655. The van der Waals surface area contributed by atoms with Crippen LogP contribution in [0, 0.1) is 11.8 Å². The van der Waals surface area contributed by atoms with Crippen molar-refractivity contribution >= 4 is 0 Å². The molecule has 0 aromatic rings. The van der Waals surface area contributed by atoms with Gasteiger partial charge in [-0.25, -0.2) is 0 Å². The van der Waals surface area contributed by atoms with Gasteiger partial charge in [-0.2, -0.15) is 0 Å². The SMILES string of the molecule is CCCNC(C)CC(C)C1CCCOC1. The van der Waals surface area contributed by atoms with E-state index in [1.54, 1.807) is 0 Å². The molecule has 1 rings (SSSR count). The van der Waals surface area contributed by atoms with Crippen LogP contribution in [0.2, 0.25) is 0 Å². The first-order valence-electron chi connectivity index (χ1n) is 6.55. The fourth-order valence-electron chi connectivity index (χ4n) is 2.44. The molecule has 0 bridgehead atoms. The van der Waals surface area contributed by atoms with Crippen LogP contribution in [0.3, 0.4) is 0 Å². The minimum atomic E-state index is 0.655. The van der Waals surface area contributed by atoms with Gasteiger partial charge >= 0.3 is 0 Å². The Morgan fingerprint density at radius 1 is 1.40 bits per heavy atom. The highest BCUT2D eigenvalue weighted by atomic mass is 16.5. The van der Waals surface area contributed by atoms with Gasteiger partial charge in [0.1, 0.15) is 0 Å². The maximum Gasteiger partial charge on any atom is 0.0496 e. The molecule has 0 aromatic carbocycles. The van der Waals surface area contributed by atoms with E-state index in [4.69, 9.17) is 4.74 Å². The van der Waals surface area contributed by atoms with Gasteiger partial charge in [-0.05, 0) is 51.0 Å². The Kier molecular flexibility index (Phi) is 6.26. The highest BCUT2D eigenvalue weighted by Gasteiger charge is 2.21. The first-order valence-corrected chi connectivity index (χ1v) is 6.55. The van der Waals surface area contributed by atoms with E-state index in [9.17, 15) is 0 Å². The third kappa shape index (κ3) is 4.98. The smallest absolute Gasteiger partial charge is 0.0496 e. The summed E-state index contributed by atoms with van der Waals surface area (Å²) in [7, 11) is 0. The molecule has 1 saturated heterocycles. The van der Waals surface area contributed by atoms with Crippen LogP contribution in [0.4, 0.5) is 0 Å². The molecule has 0 saturated carbocycles. The summed E-state index contributed by atoms with van der Waals surface area (Å²) < 4.78 is 5.55. The van der Waals surface area contributed by atoms with Crippen LogP contribution in [0.25, 0.3) is 0 Å². The van der Waals surface area contributed by atoms with E-state index in [2.05, 4.69) is 26.1 Å². The molecule has 0 amide bonds. The van der Waals surface area contributed by atoms with Gasteiger partial charge in [0, 0.05) is 19.3 Å². The molecule has 15 heavy (non-hydrogen) atoms. The number of ether oxygens (including phenoxy) is 1. The molecule has 3 atom stereocenters. The van der Waals surface area contributed by atoms with Crippen molar-refractivity contribution in [3.63, 3.8) is 0 Å². The van der Waals surface area contributed by atoms with Gasteiger partial charge in [0.25, 0.3) is 0 Å². The first-order chi connectivity index (χ1) is 7.24. The van der Waals surface area contributed by atoms with Crippen molar-refractivity contribution in [3.8, 4) is 0 Å². The third-order valence-electron chi connectivity index (χ3n) is 3.47. The first kappa shape index (κ1) is 13.0. The summed E-state index contributed by atoms with van der Waals surface area (Å²) in [5.41, 5.74) is 0. The van der Waals surface area contributed by atoms with Gasteiger partial charge in [0.2, 0.25) is 0 Å². The minimum absolute atomic E-state index is 0.655. The summed E-state index contributed by atoms with van der Waals surface area (Å²) >= 11 is 0. The summed E-state index contributed by atoms with van der Waals surface area (Å²) in [5, 5.41) is 3.56. The second-order valence-corrected chi connectivity index (χ2v) is 5.05. The predicted molar refractivity (Wildman–Crippen MR) is 65.1 cm³/mol. The molecule has 2 nitrogen and oxygen atoms in total. The molecule has 0 radical (unpaired) electrons. The second-order valence-electron chi connectivity index (χ2n) is 5.05. The highest BCUT2D eigenvalue weighted by molar-refractivity contribution is 4.73. The van der Waals surface area contributed by atoms with Crippen LogP contribution >= 0.6 is 0 Å². The van der Waals surface area contributed by atoms with Crippen LogP contribution in [-0.4, -0.2) is 25.8 Å². The van der Waals surface area contributed by atoms with Crippen LogP contribution in [0.1, 0.15) is 46.5 Å². The summed E-state index contributed by atoms with van der Waals surface area (Å²) in [5.74, 6) is 1.59. The Balaban J connectivity index is 2.17. The Morgan fingerprint density at radius 3 is 2.80 bits per heavy atom. The Labute approximate surface area is 94.8 Å². The average Bonchev–Trinajstić information content (AvgIpc) is 2.27. The average molecular weight is 213 g/mol. The molecule has 1 aliphatic heterocycles. The van der Waals surface area contributed by atoms with Crippen molar-refractivity contribution in [2.24, 2.45) is 11.8 Å². The Hall–Kier alpha value is -0.0800. The summed E-state index contributed by atoms with van der Waals surface area (Å²) in [4.78, 5) is 0. The van der Waals surface area contributed by atoms with Crippen molar-refractivity contribution in [2.45, 2.75) is 52.5 Å². The van der Waals surface area contributed by atoms with E-state index in [-0.39, 0.29) is 0 Å². The van der Waals surface area contributed by atoms with Gasteiger partial charge < -0.3 is 10.1 Å². The van der Waals surface area contributed by atoms with E-state index in [0.717, 1.165) is 31.6 Å². The van der Waals surface area contributed by atoms with E-state index in [0.29, 0.717) is 6.04 Å². The number of hydrogen-bond donors (Lipinski definition) is 1. The molecule has 1 fully saturated rings. The van der Waals surface area contributed by atoms with Crippen molar-refractivity contribution in [3.05, 3.63) is 0 Å². The topological polar surface area (TPSA) is 21.3 Å². The van der Waals surface area contributed by atoms with Crippen LogP contribution in [0.5, 0.6) is 0 Å². The van der Waals surface area contributed by atoms with Crippen molar-refractivity contribution in [1.29, 1.82) is 0 Å². The van der Waals surface area contributed by atoms with E-state index >= 15 is 0 Å². The molecule has 3 unspecified atom stereocenters. The van der Waals surface area contributed by atoms with E-state index < -0.39 is 0 Å².